The molecule has 7 rings (SSSR count). The molecule has 15 nitrogen and oxygen atoms in total. The number of aliphatic imine (C=N–C) groups is 2. The van der Waals surface area contributed by atoms with Gasteiger partial charge in [0.2, 0.25) is 18.2 Å². The van der Waals surface area contributed by atoms with Crippen LogP contribution < -0.4 is 26.4 Å². The highest BCUT2D eigenvalue weighted by atomic mass is 35.5. The normalized spacial score (nSPS) is 21.1. The average Bonchev–Trinajstić information content (AvgIpc) is 3.69. The van der Waals surface area contributed by atoms with Gasteiger partial charge in [0.1, 0.15) is 22.9 Å². The molecule has 2 aliphatic carbocycles. The molecule has 4 aliphatic rings. The molecule has 2 aromatic carbocycles. The fourth-order valence-corrected chi connectivity index (χ4v) is 11.5. The Hall–Kier alpha value is -5.04. The summed E-state index contributed by atoms with van der Waals surface area (Å²) >= 11 is 9.33. The van der Waals surface area contributed by atoms with E-state index in [-0.39, 0.29) is 24.7 Å². The summed E-state index contributed by atoms with van der Waals surface area (Å²) in [6.45, 7) is 13.1. The van der Waals surface area contributed by atoms with Gasteiger partial charge < -0.3 is 36.2 Å². The molecule has 2 aliphatic heterocycles. The van der Waals surface area contributed by atoms with Gasteiger partial charge in [0.25, 0.3) is 5.91 Å². The van der Waals surface area contributed by atoms with Crippen LogP contribution in [0.2, 0.25) is 0 Å². The van der Waals surface area contributed by atoms with Crippen molar-refractivity contribution in [1.82, 2.24) is 30.3 Å². The Morgan fingerprint density at radius 3 is 2.43 bits per heavy atom. The molecule has 0 spiro atoms. The van der Waals surface area contributed by atoms with Crippen LogP contribution in [0.15, 0.2) is 69.2 Å². The topological polar surface area (TPSA) is 187 Å². The lowest BCUT2D eigenvalue weighted by Crippen LogP contribution is -2.61. The number of nitrogens with zero attached hydrogens (tertiary/aromatic N) is 6. The number of anilines is 1. The summed E-state index contributed by atoms with van der Waals surface area (Å²) in [7, 11) is 3.20. The zero-order valence-electron chi connectivity index (χ0n) is 41.3. The summed E-state index contributed by atoms with van der Waals surface area (Å²) in [6, 6.07) is 12.2. The van der Waals surface area contributed by atoms with Crippen molar-refractivity contribution in [3.8, 4) is 16.2 Å². The Balaban J connectivity index is 0.000000356. The number of methoxy groups -OCH3 is 1. The van der Waals surface area contributed by atoms with Crippen LogP contribution in [-0.4, -0.2) is 138 Å². The number of hydrogen-bond donors (Lipinski definition) is 4. The number of benzene rings is 2. The number of ether oxygens (including phenoxy) is 1. The Kier molecular flexibility index (Phi) is 19.7. The SMILES string of the molecule is CN=C(N=CN)/C(Cl)=C\Nc1ccc(C)cc1OC.Cc1ncsc1-c1ccc(CNC(=O)C2CCCN2C(=O)C(NC(=O)C2(F)CC2)C(C)(C)SCC2CCCC(CN3CCN(C=O)CC3)C2)cc1. The number of halogens is 2. The number of rotatable bonds is 18. The van der Waals surface area contributed by atoms with Gasteiger partial charge in [-0.1, -0.05) is 48.4 Å². The van der Waals surface area contributed by atoms with E-state index in [1.165, 1.54) is 6.42 Å². The Morgan fingerprint density at radius 1 is 1.06 bits per heavy atom. The van der Waals surface area contributed by atoms with E-state index >= 15 is 0 Å². The summed E-state index contributed by atoms with van der Waals surface area (Å²) in [5.74, 6) is 1.75. The Bertz CT molecular complexity index is 2350. The molecule has 380 valence electrons. The summed E-state index contributed by atoms with van der Waals surface area (Å²) < 4.78 is 19.5. The van der Waals surface area contributed by atoms with Crippen molar-refractivity contribution >= 4 is 76.7 Å². The number of hydrogen-bond acceptors (Lipinski definition) is 11. The van der Waals surface area contributed by atoms with Crippen molar-refractivity contribution in [2.45, 2.75) is 108 Å². The number of thiazole rings is 1. The molecule has 19 heteroatoms. The van der Waals surface area contributed by atoms with Gasteiger partial charge in [0, 0.05) is 63.8 Å². The van der Waals surface area contributed by atoms with E-state index in [0.29, 0.717) is 48.6 Å². The van der Waals surface area contributed by atoms with Crippen molar-refractivity contribution in [2.24, 2.45) is 27.6 Å². The average molecular weight is 1020 g/mol. The highest BCUT2D eigenvalue weighted by Gasteiger charge is 2.54. The van der Waals surface area contributed by atoms with E-state index in [9.17, 15) is 23.6 Å². The maximum absolute atomic E-state index is 15.0. The van der Waals surface area contributed by atoms with Crippen molar-refractivity contribution in [2.75, 3.05) is 64.5 Å². The van der Waals surface area contributed by atoms with Gasteiger partial charge in [-0.3, -0.25) is 29.1 Å². The van der Waals surface area contributed by atoms with E-state index in [0.717, 1.165) is 109 Å². The third kappa shape index (κ3) is 14.8. The highest BCUT2D eigenvalue weighted by Crippen LogP contribution is 2.42. The van der Waals surface area contributed by atoms with E-state index in [1.54, 1.807) is 48.4 Å². The Morgan fingerprint density at radius 2 is 1.79 bits per heavy atom. The molecule has 70 heavy (non-hydrogen) atoms. The number of thioether (sulfide) groups is 1. The maximum atomic E-state index is 15.0. The predicted octanol–water partition coefficient (Wildman–Crippen LogP) is 7.32. The van der Waals surface area contributed by atoms with Crippen LogP contribution in [0.3, 0.4) is 0 Å². The van der Waals surface area contributed by atoms with E-state index < -0.39 is 28.4 Å². The van der Waals surface area contributed by atoms with Crippen LogP contribution >= 0.6 is 34.7 Å². The first-order chi connectivity index (χ1) is 33.6. The number of nitrogens with two attached hydrogens (primary N) is 1. The lowest BCUT2D eigenvalue weighted by molar-refractivity contribution is -0.143. The molecular weight excluding hydrogens is 951 g/mol. The second kappa shape index (κ2) is 25.4. The number of aromatic nitrogens is 1. The lowest BCUT2D eigenvalue weighted by Gasteiger charge is -2.40. The zero-order valence-corrected chi connectivity index (χ0v) is 43.7. The number of carbonyl (C=O) groups excluding carboxylic acids is 4. The van der Waals surface area contributed by atoms with Crippen LogP contribution in [-0.2, 0) is 25.7 Å². The molecule has 0 radical (unpaired) electrons. The number of alkyl halides is 1. The Labute approximate surface area is 425 Å². The van der Waals surface area contributed by atoms with Crippen molar-refractivity contribution in [1.29, 1.82) is 0 Å². The lowest BCUT2D eigenvalue weighted by atomic mass is 9.82. The minimum absolute atomic E-state index is 0.167. The smallest absolute Gasteiger partial charge is 0.258 e. The van der Waals surface area contributed by atoms with Crippen LogP contribution in [0.5, 0.6) is 5.75 Å². The standard InChI is InChI=1S/C38H53FN6O4S2.C13H17ClN4O/c1-26-32(50-24-41-26)30-11-9-27(10-12-30)21-40-34(47)31-8-5-15-45(31)35(48)33(42-36(49)38(39)13-14-38)37(2,3)51-23-29-7-4-6-28(20-29)22-43-16-18-44(25-46)19-17-43;1-9-4-5-11(12(6-9)19-3)17-7-10(14)13(16-2)18-8-15/h9-12,24-25,28-29,31,33H,4-8,13-23H2,1-3H3,(H,40,47)(H,42,49);4-8,17H,1-3H3,(H2,15,16,18)/b;10-7+. The number of likely N-dealkylation sites (tertiary alicyclic amines) is 1. The highest BCUT2D eigenvalue weighted by molar-refractivity contribution is 8.00. The molecule has 5 N–H and O–H groups in total. The molecule has 1 aromatic heterocycles. The first-order valence-electron chi connectivity index (χ1n) is 24.2. The first kappa shape index (κ1) is 54.3. The molecule has 4 fully saturated rings. The third-order valence-corrected chi connectivity index (χ3v) is 16.4. The van der Waals surface area contributed by atoms with Crippen LogP contribution in [0.1, 0.15) is 82.0 Å². The number of piperazine rings is 1. The number of aryl methyl sites for hydroxylation is 2. The van der Waals surface area contributed by atoms with Crippen LogP contribution in [0.4, 0.5) is 10.1 Å². The molecule has 4 unspecified atom stereocenters. The van der Waals surface area contributed by atoms with Gasteiger partial charge in [-0.05, 0) is 119 Å². The first-order valence-corrected chi connectivity index (χ1v) is 26.4. The molecule has 2 saturated carbocycles. The van der Waals surface area contributed by atoms with Gasteiger partial charge in [-0.25, -0.2) is 14.4 Å². The van der Waals surface area contributed by atoms with Crippen LogP contribution in [0, 0.1) is 25.7 Å². The molecule has 3 aromatic rings. The molecule has 4 atom stereocenters. The van der Waals surface area contributed by atoms with Gasteiger partial charge in [0.05, 0.1) is 35.2 Å². The third-order valence-electron chi connectivity index (χ3n) is 13.6. The zero-order chi connectivity index (χ0) is 50.4. The van der Waals surface area contributed by atoms with E-state index in [1.807, 2.05) is 80.6 Å². The fraction of sp³-hybridized carbons (Fsp3) is 0.549. The second-order valence-electron chi connectivity index (χ2n) is 19.2. The van der Waals surface area contributed by atoms with Crippen LogP contribution in [0.25, 0.3) is 10.4 Å². The number of carbonyl (C=O) groups is 4. The van der Waals surface area contributed by atoms with E-state index in [2.05, 4.69) is 35.8 Å². The van der Waals surface area contributed by atoms with E-state index in [4.69, 9.17) is 22.1 Å². The van der Waals surface area contributed by atoms with Crippen molar-refractivity contribution < 1.29 is 28.3 Å². The summed E-state index contributed by atoms with van der Waals surface area (Å²) in [5.41, 5.74) is 10.1. The summed E-state index contributed by atoms with van der Waals surface area (Å²) in [5, 5.41) is 9.27. The quantitative estimate of drug-likeness (QED) is 0.0572. The molecular formula is C51H70ClFN10O5S2. The largest absolute Gasteiger partial charge is 0.495 e. The summed E-state index contributed by atoms with van der Waals surface area (Å²) in [6.07, 6.45) is 9.82. The minimum atomic E-state index is -1.91. The maximum Gasteiger partial charge on any atom is 0.258 e. The van der Waals surface area contributed by atoms with Crippen molar-refractivity contribution in [3.05, 3.63) is 76.0 Å². The fourth-order valence-electron chi connectivity index (χ4n) is 9.23. The number of amidine groups is 1. The predicted molar refractivity (Wildman–Crippen MR) is 281 cm³/mol. The monoisotopic (exact) mass is 1020 g/mol. The van der Waals surface area contributed by atoms with Crippen molar-refractivity contribution in [3.63, 3.8) is 0 Å². The van der Waals surface area contributed by atoms with Gasteiger partial charge in [-0.15, -0.1) is 11.3 Å². The second-order valence-corrected chi connectivity index (χ2v) is 22.1. The molecule has 2 saturated heterocycles. The van der Waals surface area contributed by atoms with Gasteiger partial charge >= 0.3 is 0 Å². The summed E-state index contributed by atoms with van der Waals surface area (Å²) in [4.78, 5) is 71.3. The minimum Gasteiger partial charge on any atom is -0.495 e. The molecule has 3 heterocycles. The number of nitrogens with one attached hydrogen (secondary N) is 3. The van der Waals surface area contributed by atoms with Gasteiger partial charge in [0.15, 0.2) is 11.5 Å². The molecule has 4 amide bonds. The van der Waals surface area contributed by atoms with Gasteiger partial charge in [-0.2, -0.15) is 11.8 Å². The molecule has 0 bridgehead atoms. The number of amides is 4.